The van der Waals surface area contributed by atoms with Gasteiger partial charge in [0.15, 0.2) is 0 Å². The molecule has 1 aromatic carbocycles. The SMILES string of the molecule is O=C(CN1CCc2sccc2[C@@H]1c1cccs1)NCCc1cccc(Cl)c1. The predicted octanol–water partition coefficient (Wildman–Crippen LogP) is 4.77. The first-order chi connectivity index (χ1) is 13.2. The molecule has 3 nitrogen and oxygen atoms in total. The first-order valence-corrected chi connectivity index (χ1v) is 11.2. The van der Waals surface area contributed by atoms with Gasteiger partial charge >= 0.3 is 0 Å². The Labute approximate surface area is 172 Å². The van der Waals surface area contributed by atoms with Crippen LogP contribution in [0.2, 0.25) is 5.02 Å². The van der Waals surface area contributed by atoms with Crippen LogP contribution in [0.1, 0.15) is 26.9 Å². The van der Waals surface area contributed by atoms with Crippen molar-refractivity contribution < 1.29 is 4.79 Å². The summed E-state index contributed by atoms with van der Waals surface area (Å²) in [5.41, 5.74) is 2.50. The molecule has 1 atom stereocenters. The molecule has 0 spiro atoms. The molecule has 4 rings (SSSR count). The summed E-state index contributed by atoms with van der Waals surface area (Å²) in [4.78, 5) is 17.6. The Hall–Kier alpha value is -1.66. The zero-order chi connectivity index (χ0) is 18.6. The van der Waals surface area contributed by atoms with E-state index < -0.39 is 0 Å². The van der Waals surface area contributed by atoms with Gasteiger partial charge in [0.05, 0.1) is 12.6 Å². The van der Waals surface area contributed by atoms with Gasteiger partial charge in [-0.25, -0.2) is 0 Å². The lowest BCUT2D eigenvalue weighted by molar-refractivity contribution is -0.122. The molecule has 6 heteroatoms. The molecule has 0 unspecified atom stereocenters. The average Bonchev–Trinajstić information content (AvgIpc) is 3.33. The molecule has 0 saturated heterocycles. The van der Waals surface area contributed by atoms with E-state index in [1.807, 2.05) is 35.6 Å². The molecule has 3 aromatic rings. The van der Waals surface area contributed by atoms with Crippen molar-refractivity contribution in [2.75, 3.05) is 19.6 Å². The second-order valence-electron chi connectivity index (χ2n) is 6.67. The maximum atomic E-state index is 12.6. The van der Waals surface area contributed by atoms with E-state index in [0.717, 1.165) is 30.0 Å². The largest absolute Gasteiger partial charge is 0.355 e. The Morgan fingerprint density at radius 1 is 1.19 bits per heavy atom. The van der Waals surface area contributed by atoms with Crippen molar-refractivity contribution in [3.05, 3.63) is 79.1 Å². The van der Waals surface area contributed by atoms with Crippen LogP contribution in [0.3, 0.4) is 0 Å². The lowest BCUT2D eigenvalue weighted by Crippen LogP contribution is -2.42. The highest BCUT2D eigenvalue weighted by Crippen LogP contribution is 2.39. The fourth-order valence-corrected chi connectivity index (χ4v) is 5.59. The van der Waals surface area contributed by atoms with Crippen molar-refractivity contribution in [1.29, 1.82) is 0 Å². The zero-order valence-corrected chi connectivity index (χ0v) is 17.2. The van der Waals surface area contributed by atoms with E-state index in [1.165, 1.54) is 15.3 Å². The number of nitrogens with one attached hydrogen (secondary N) is 1. The summed E-state index contributed by atoms with van der Waals surface area (Å²) in [6, 6.07) is 14.5. The molecule has 0 saturated carbocycles. The van der Waals surface area contributed by atoms with Crippen LogP contribution in [0, 0.1) is 0 Å². The topological polar surface area (TPSA) is 32.3 Å². The minimum Gasteiger partial charge on any atom is -0.355 e. The van der Waals surface area contributed by atoms with E-state index in [0.29, 0.717) is 13.1 Å². The van der Waals surface area contributed by atoms with E-state index in [4.69, 9.17) is 11.6 Å². The third-order valence-corrected chi connectivity index (χ3v) is 7.01. The van der Waals surface area contributed by atoms with E-state index in [9.17, 15) is 4.79 Å². The maximum Gasteiger partial charge on any atom is 0.234 e. The highest BCUT2D eigenvalue weighted by Gasteiger charge is 2.31. The molecule has 1 N–H and O–H groups in total. The lowest BCUT2D eigenvalue weighted by atomic mass is 9.98. The first kappa shape index (κ1) is 18.7. The van der Waals surface area contributed by atoms with Crippen LogP contribution in [-0.2, 0) is 17.6 Å². The van der Waals surface area contributed by atoms with Gasteiger partial charge in [0, 0.05) is 27.9 Å². The Balaban J connectivity index is 1.38. The summed E-state index contributed by atoms with van der Waals surface area (Å²) in [5, 5.41) is 8.07. The summed E-state index contributed by atoms with van der Waals surface area (Å²) >= 11 is 9.61. The van der Waals surface area contributed by atoms with Crippen LogP contribution < -0.4 is 5.32 Å². The Kier molecular flexibility index (Phi) is 5.93. The van der Waals surface area contributed by atoms with Gasteiger partial charge in [0.2, 0.25) is 5.91 Å². The van der Waals surface area contributed by atoms with Crippen LogP contribution in [-0.4, -0.2) is 30.4 Å². The van der Waals surface area contributed by atoms with Gasteiger partial charge in [-0.3, -0.25) is 9.69 Å². The minimum atomic E-state index is 0.0808. The summed E-state index contributed by atoms with van der Waals surface area (Å²) < 4.78 is 0. The molecule has 0 radical (unpaired) electrons. The Morgan fingerprint density at radius 2 is 2.11 bits per heavy atom. The number of thiophene rings is 2. The molecule has 2 aromatic heterocycles. The number of halogens is 1. The number of carbonyl (C=O) groups is 1. The highest BCUT2D eigenvalue weighted by atomic mass is 35.5. The molecule has 1 aliphatic rings. The summed E-state index contributed by atoms with van der Waals surface area (Å²) in [6.45, 7) is 1.96. The van der Waals surface area contributed by atoms with Gasteiger partial charge in [-0.05, 0) is 59.0 Å². The third kappa shape index (κ3) is 4.43. The van der Waals surface area contributed by atoms with E-state index in [2.05, 4.69) is 39.2 Å². The number of rotatable bonds is 6. The van der Waals surface area contributed by atoms with Crippen molar-refractivity contribution in [3.8, 4) is 0 Å². The fourth-order valence-electron chi connectivity index (χ4n) is 3.60. The molecule has 0 fully saturated rings. The number of hydrogen-bond acceptors (Lipinski definition) is 4. The molecule has 1 amide bonds. The molecular formula is C21H21ClN2OS2. The van der Waals surface area contributed by atoms with Crippen LogP contribution in [0.4, 0.5) is 0 Å². The van der Waals surface area contributed by atoms with Gasteiger partial charge in [-0.1, -0.05) is 29.8 Å². The van der Waals surface area contributed by atoms with Crippen LogP contribution >= 0.6 is 34.3 Å². The maximum absolute atomic E-state index is 12.6. The molecule has 140 valence electrons. The highest BCUT2D eigenvalue weighted by molar-refractivity contribution is 7.10. The molecule has 1 aliphatic heterocycles. The van der Waals surface area contributed by atoms with Crippen molar-refractivity contribution in [3.63, 3.8) is 0 Å². The number of benzene rings is 1. The average molecular weight is 417 g/mol. The minimum absolute atomic E-state index is 0.0808. The molecule has 3 heterocycles. The number of nitrogens with zero attached hydrogens (tertiary/aromatic N) is 1. The third-order valence-electron chi connectivity index (χ3n) is 4.85. The smallest absolute Gasteiger partial charge is 0.234 e. The number of fused-ring (bicyclic) bond motifs is 1. The molecular weight excluding hydrogens is 396 g/mol. The number of carbonyl (C=O) groups excluding carboxylic acids is 1. The van der Waals surface area contributed by atoms with Crippen LogP contribution in [0.5, 0.6) is 0 Å². The zero-order valence-electron chi connectivity index (χ0n) is 14.9. The van der Waals surface area contributed by atoms with E-state index in [1.54, 1.807) is 11.3 Å². The molecule has 0 aliphatic carbocycles. The normalized spacial score (nSPS) is 16.9. The predicted molar refractivity (Wildman–Crippen MR) is 114 cm³/mol. The fraction of sp³-hybridized carbons (Fsp3) is 0.286. The number of hydrogen-bond donors (Lipinski definition) is 1. The second-order valence-corrected chi connectivity index (χ2v) is 9.08. The van der Waals surface area contributed by atoms with Gasteiger partial charge < -0.3 is 5.32 Å². The monoisotopic (exact) mass is 416 g/mol. The van der Waals surface area contributed by atoms with Gasteiger partial charge in [-0.15, -0.1) is 22.7 Å². The molecule has 0 bridgehead atoms. The Bertz CT molecular complexity index is 907. The molecule has 27 heavy (non-hydrogen) atoms. The van der Waals surface area contributed by atoms with Crippen molar-refractivity contribution in [1.82, 2.24) is 10.2 Å². The van der Waals surface area contributed by atoms with Crippen molar-refractivity contribution in [2.24, 2.45) is 0 Å². The summed E-state index contributed by atoms with van der Waals surface area (Å²) in [7, 11) is 0. The van der Waals surface area contributed by atoms with Gasteiger partial charge in [0.25, 0.3) is 0 Å². The van der Waals surface area contributed by atoms with Crippen LogP contribution in [0.15, 0.2) is 53.2 Å². The number of amides is 1. The van der Waals surface area contributed by atoms with Gasteiger partial charge in [-0.2, -0.15) is 0 Å². The second kappa shape index (κ2) is 8.57. The lowest BCUT2D eigenvalue weighted by Gasteiger charge is -2.34. The summed E-state index contributed by atoms with van der Waals surface area (Å²) in [5.74, 6) is 0.0808. The standard InChI is InChI=1S/C21H21ClN2OS2/c22-16-4-1-3-15(13-16)6-9-23-20(25)14-24-10-7-18-17(8-12-27-18)21(24)19-5-2-11-26-19/h1-5,8,11-13,21H,6-7,9-10,14H2,(H,23,25)/t21-/m1/s1. The summed E-state index contributed by atoms with van der Waals surface area (Å²) in [6.07, 6.45) is 1.81. The van der Waals surface area contributed by atoms with E-state index >= 15 is 0 Å². The van der Waals surface area contributed by atoms with Gasteiger partial charge in [0.1, 0.15) is 0 Å². The van der Waals surface area contributed by atoms with Crippen molar-refractivity contribution in [2.45, 2.75) is 18.9 Å². The Morgan fingerprint density at radius 3 is 2.93 bits per heavy atom. The van der Waals surface area contributed by atoms with Crippen molar-refractivity contribution >= 4 is 40.2 Å². The van der Waals surface area contributed by atoms with Crippen LogP contribution in [0.25, 0.3) is 0 Å². The quantitative estimate of drug-likeness (QED) is 0.627. The first-order valence-electron chi connectivity index (χ1n) is 9.05. The van der Waals surface area contributed by atoms with E-state index in [-0.39, 0.29) is 11.9 Å².